The molecule has 8 heterocycles. The van der Waals surface area contributed by atoms with Crippen LogP contribution in [0.5, 0.6) is 5.75 Å². The molecule has 9 rings (SSSR count). The lowest BCUT2D eigenvalue weighted by molar-refractivity contribution is -0.133. The summed E-state index contributed by atoms with van der Waals surface area (Å²) in [5, 5.41) is 19.0. The van der Waals surface area contributed by atoms with E-state index in [9.17, 15) is 13.5 Å². The van der Waals surface area contributed by atoms with E-state index in [4.69, 9.17) is 110 Å². The number of anilines is 3. The van der Waals surface area contributed by atoms with Crippen molar-refractivity contribution >= 4 is 111 Å². The monoisotopic (exact) mass is 1400 g/mol. The van der Waals surface area contributed by atoms with Crippen LogP contribution in [0.2, 0.25) is 30.1 Å². The van der Waals surface area contributed by atoms with Gasteiger partial charge in [0.15, 0.2) is 11.6 Å². The lowest BCUT2D eigenvalue weighted by Crippen LogP contribution is -2.12. The molecule has 0 radical (unpaired) electrons. The van der Waals surface area contributed by atoms with Crippen LogP contribution in [0.1, 0.15) is 114 Å². The molecule has 30 heteroatoms. The number of halogens is 7. The van der Waals surface area contributed by atoms with Crippen LogP contribution in [-0.2, 0) is 47.8 Å². The summed E-state index contributed by atoms with van der Waals surface area (Å²) in [6.45, 7) is 14.9. The Labute approximate surface area is 568 Å². The number of Topliss-reactive ketones (excluding diaryl/α,β-unsaturated/α-hetero) is 1. The van der Waals surface area contributed by atoms with E-state index in [1.54, 1.807) is 102 Å². The maximum atomic E-state index is 12.7. The average molecular weight is 1400 g/mol. The first-order valence-corrected chi connectivity index (χ1v) is 31.1. The number of para-hydroxylation sites is 1. The largest absolute Gasteiger partial charge is 0.426 e. The first-order valence-electron chi connectivity index (χ1n) is 27.7. The van der Waals surface area contributed by atoms with Crippen LogP contribution in [0.4, 0.5) is 20.9 Å². The number of carbonyl (C=O) groups is 2. The number of aromatic nitrogens is 12. The van der Waals surface area contributed by atoms with E-state index in [0.717, 1.165) is 44.9 Å². The highest BCUT2D eigenvalue weighted by molar-refractivity contribution is 7.93. The van der Waals surface area contributed by atoms with Gasteiger partial charge < -0.3 is 40.9 Å². The third-order valence-electron chi connectivity index (χ3n) is 13.2. The fraction of sp³-hybridized carbons (Fsp3) is 0.323. The van der Waals surface area contributed by atoms with E-state index < -0.39 is 0 Å². The van der Waals surface area contributed by atoms with Crippen LogP contribution in [0.3, 0.4) is 0 Å². The summed E-state index contributed by atoms with van der Waals surface area (Å²) in [6, 6.07) is 12.2. The molecule has 1 unspecified atom stereocenters. The maximum Gasteiger partial charge on any atom is 0.315 e. The molecule has 1 aromatic carbocycles. The van der Waals surface area contributed by atoms with E-state index in [-0.39, 0.29) is 67.6 Å². The minimum Gasteiger partial charge on any atom is -0.426 e. The van der Waals surface area contributed by atoms with Gasteiger partial charge in [0.1, 0.15) is 11.5 Å². The molecule has 92 heavy (non-hydrogen) atoms. The van der Waals surface area contributed by atoms with Crippen molar-refractivity contribution in [1.82, 2.24) is 59.9 Å². The zero-order chi connectivity index (χ0) is 68.4. The Hall–Kier alpha value is -7.20. The number of aryl methyl sites for hydroxylation is 4. The number of nitrogen functional groups attached to an aromatic ring is 3. The topological polar surface area (TPSA) is 297 Å². The van der Waals surface area contributed by atoms with Gasteiger partial charge in [0.05, 0.1) is 144 Å². The van der Waals surface area contributed by atoms with E-state index in [2.05, 4.69) is 50.3 Å². The Balaban J connectivity index is 0.000000252. The second-order valence-corrected chi connectivity index (χ2v) is 22.3. The summed E-state index contributed by atoms with van der Waals surface area (Å²) >= 11 is 37.2. The van der Waals surface area contributed by atoms with Crippen molar-refractivity contribution < 1.29 is 37.2 Å². The fourth-order valence-corrected chi connectivity index (χ4v) is 9.96. The van der Waals surface area contributed by atoms with Crippen molar-refractivity contribution in [2.75, 3.05) is 51.9 Å². The molecule has 9 aromatic rings. The quantitative estimate of drug-likeness (QED) is 0.0563. The molecule has 0 aliphatic carbocycles. The highest BCUT2D eigenvalue weighted by Crippen LogP contribution is 2.35. The van der Waals surface area contributed by atoms with Gasteiger partial charge in [-0.15, -0.1) is 9.59 Å². The third-order valence-corrected chi connectivity index (χ3v) is 15.7. The number of ketones is 1. The lowest BCUT2D eigenvalue weighted by atomic mass is 9.97. The van der Waals surface area contributed by atoms with Gasteiger partial charge in [-0.25, -0.2) is 9.97 Å². The number of methoxy groups -OCH3 is 4. The third kappa shape index (κ3) is 22.5. The summed E-state index contributed by atoms with van der Waals surface area (Å²) < 4.78 is 36.3. The number of nitrogens with zero attached hydrogens (tertiary/aromatic N) is 12. The lowest BCUT2D eigenvalue weighted by Gasteiger charge is -2.17. The summed E-state index contributed by atoms with van der Waals surface area (Å²) in [5.41, 5.74) is 27.3. The van der Waals surface area contributed by atoms with Crippen LogP contribution in [0, 0.1) is 27.7 Å². The summed E-state index contributed by atoms with van der Waals surface area (Å²) in [7, 11) is 6.47. The van der Waals surface area contributed by atoms with Crippen molar-refractivity contribution in [2.24, 2.45) is 0 Å². The predicted octanol–water partition coefficient (Wildman–Crippen LogP) is 14.4. The predicted molar refractivity (Wildman–Crippen MR) is 362 cm³/mol. The number of rotatable bonds is 17. The molecule has 0 bridgehead atoms. The van der Waals surface area contributed by atoms with Gasteiger partial charge in [-0.05, 0) is 96.3 Å². The summed E-state index contributed by atoms with van der Waals surface area (Å²) in [5.74, 6) is 0.937. The van der Waals surface area contributed by atoms with Crippen LogP contribution in [0.25, 0.3) is 11.6 Å². The molecule has 4 atom stereocenters. The minimum absolute atomic E-state index is 0.00546. The van der Waals surface area contributed by atoms with Crippen molar-refractivity contribution in [1.29, 1.82) is 0 Å². The Morgan fingerprint density at radius 1 is 0.500 bits per heavy atom. The molecule has 0 saturated heterocycles. The number of pyridine rings is 6. The molecular weight excluding hydrogens is 1330 g/mol. The molecule has 6 N–H and O–H groups in total. The van der Waals surface area contributed by atoms with Gasteiger partial charge in [0.2, 0.25) is 0 Å². The van der Waals surface area contributed by atoms with Crippen LogP contribution in [-0.4, -0.2) is 106 Å². The first kappa shape index (κ1) is 77.2. The zero-order valence-corrected chi connectivity index (χ0v) is 58.1. The zero-order valence-electron chi connectivity index (χ0n) is 52.8. The number of esters is 1. The van der Waals surface area contributed by atoms with E-state index in [0.29, 0.717) is 81.4 Å². The van der Waals surface area contributed by atoms with Gasteiger partial charge in [0, 0.05) is 101 Å². The molecule has 8 aromatic heterocycles. The molecule has 0 aliphatic heterocycles. The SMILES string of the molecule is COC(C)c1c(N)cnc(C)c1Cl.CO[C@@H](C)c1c(CC(=O)Cc2cnc(-n3nccn3)c(Cl)c2)cnc(C)c1Cl.CO[C@@H](C)c1c(N)cnc(C)c1Cl.CO[C@H](C)c1c(N)cnc(C)c1Cl.CSF.O=C(Cc1cnc(-n2nccn2)c(Cl)c1)Oc1ccccc1. The molecule has 0 spiro atoms. The molecule has 0 fully saturated rings. The van der Waals surface area contributed by atoms with Crippen LogP contribution >= 0.6 is 81.8 Å². The Morgan fingerprint density at radius 3 is 1.17 bits per heavy atom. The second kappa shape index (κ2) is 38.7. The smallest absolute Gasteiger partial charge is 0.315 e. The standard InChI is InChI=1S/C19H19Cl2N5O2.C15H11ClN4O2.3C9H13ClN2O.CH3FS/c1-11-18(21)17(12(2)28-3)14(10-22-11)8-15(27)6-13-7-16(20)19(23-9-13)26-24-4-5-25-26;16-13-8-11(10-17-15(13)20-18-6-7-19-20)9-14(21)22-12-4-2-1-3-5-12;3*1-5-9(10)8(6(2)13-3)7(11)4-12-5;1-3-2/h4-5,7,9-10,12H,6,8H2,1-3H3;1-8,10H,9H2;3*4,6H,11H2,1-3H3;1H3/t12-;;2*6-;;/m0.10../s1. The van der Waals surface area contributed by atoms with Gasteiger partial charge in [0.25, 0.3) is 0 Å². The number of hydrogen-bond acceptors (Lipinski definition) is 21. The number of ether oxygens (including phenoxy) is 5. The molecule has 0 saturated carbocycles. The van der Waals surface area contributed by atoms with E-state index in [1.807, 2.05) is 61.5 Å². The maximum absolute atomic E-state index is 12.7. The number of benzene rings is 1. The van der Waals surface area contributed by atoms with E-state index in [1.165, 1.54) is 40.6 Å². The van der Waals surface area contributed by atoms with E-state index >= 15 is 0 Å². The first-order chi connectivity index (χ1) is 43.8. The van der Waals surface area contributed by atoms with Gasteiger partial charge in [-0.3, -0.25) is 29.5 Å². The fourth-order valence-electron chi connectivity index (χ4n) is 8.17. The van der Waals surface area contributed by atoms with Gasteiger partial charge in [-0.1, -0.05) is 87.8 Å². The number of carbonyl (C=O) groups excluding carboxylic acids is 2. The normalized spacial score (nSPS) is 11.9. The number of nitrogens with two attached hydrogens (primary N) is 3. The van der Waals surface area contributed by atoms with Crippen molar-refractivity contribution in [3.8, 4) is 17.4 Å². The van der Waals surface area contributed by atoms with Crippen LogP contribution in [0.15, 0.2) is 104 Å². The molecule has 22 nitrogen and oxygen atoms in total. The van der Waals surface area contributed by atoms with Crippen molar-refractivity contribution in [3.05, 3.63) is 196 Å². The Bertz CT molecular complexity index is 3660. The Kier molecular flexibility index (Phi) is 32.5. The molecule has 0 aliphatic rings. The van der Waals surface area contributed by atoms with Crippen molar-refractivity contribution in [2.45, 2.75) is 99.1 Å². The van der Waals surface area contributed by atoms with Gasteiger partial charge in [-0.2, -0.15) is 24.3 Å². The molecular formula is C62H72Cl6FN15O7S. The summed E-state index contributed by atoms with van der Waals surface area (Å²) in [6.07, 6.45) is 17.1. The highest BCUT2D eigenvalue weighted by atomic mass is 35.5. The minimum atomic E-state index is -0.381. The van der Waals surface area contributed by atoms with Crippen LogP contribution < -0.4 is 21.9 Å². The highest BCUT2D eigenvalue weighted by Gasteiger charge is 2.21. The average Bonchev–Trinajstić information content (AvgIpc) is 1.20. The van der Waals surface area contributed by atoms with Crippen molar-refractivity contribution in [3.63, 3.8) is 0 Å². The summed E-state index contributed by atoms with van der Waals surface area (Å²) in [4.78, 5) is 52.0. The number of hydrogen-bond donors (Lipinski definition) is 3. The second-order valence-electron chi connectivity index (χ2n) is 19.6. The molecule has 492 valence electrons. The Morgan fingerprint density at radius 2 is 0.826 bits per heavy atom. The molecule has 0 amide bonds. The van der Waals surface area contributed by atoms with Gasteiger partial charge >= 0.3 is 5.97 Å².